The molecule has 0 aromatic rings. The van der Waals surface area contributed by atoms with Gasteiger partial charge in [0.05, 0.1) is 19.0 Å². The van der Waals surface area contributed by atoms with Gasteiger partial charge in [-0.1, -0.05) is 6.92 Å². The molecule has 0 bridgehead atoms. The minimum Gasteiger partial charge on any atom is -0.378 e. The fourth-order valence-electron chi connectivity index (χ4n) is 1.92. The zero-order chi connectivity index (χ0) is 12.7. The zero-order valence-electron chi connectivity index (χ0n) is 10.8. The van der Waals surface area contributed by atoms with Gasteiger partial charge < -0.3 is 10.1 Å². The van der Waals surface area contributed by atoms with Gasteiger partial charge in [-0.15, -0.1) is 0 Å². The van der Waals surface area contributed by atoms with Crippen molar-refractivity contribution in [2.45, 2.75) is 32.7 Å². The van der Waals surface area contributed by atoms with Crippen molar-refractivity contribution >= 4 is 10.0 Å². The molecule has 0 saturated carbocycles. The summed E-state index contributed by atoms with van der Waals surface area (Å²) in [5, 5.41) is 3.21. The summed E-state index contributed by atoms with van der Waals surface area (Å²) in [6.07, 6.45) is 1.75. The van der Waals surface area contributed by atoms with Gasteiger partial charge in [-0.05, 0) is 32.9 Å². The van der Waals surface area contributed by atoms with E-state index in [1.807, 2.05) is 6.92 Å². The van der Waals surface area contributed by atoms with Gasteiger partial charge in [0.15, 0.2) is 0 Å². The molecule has 1 aliphatic heterocycles. The molecule has 1 fully saturated rings. The number of ether oxygens (including phenoxy) is 1. The van der Waals surface area contributed by atoms with Crippen LogP contribution in [0.2, 0.25) is 0 Å². The van der Waals surface area contributed by atoms with Crippen molar-refractivity contribution in [2.24, 2.45) is 0 Å². The molecule has 5 nitrogen and oxygen atoms in total. The Bertz CT molecular complexity index is 306. The Hall–Kier alpha value is -0.170. The monoisotopic (exact) mass is 264 g/mol. The highest BCUT2D eigenvalue weighted by atomic mass is 32.2. The van der Waals surface area contributed by atoms with E-state index < -0.39 is 10.0 Å². The molecule has 1 aliphatic rings. The van der Waals surface area contributed by atoms with E-state index in [1.54, 1.807) is 4.31 Å². The van der Waals surface area contributed by atoms with E-state index >= 15 is 0 Å². The van der Waals surface area contributed by atoms with Crippen molar-refractivity contribution in [1.29, 1.82) is 0 Å². The Kier molecular flexibility index (Phi) is 6.40. The summed E-state index contributed by atoms with van der Waals surface area (Å²) < 4.78 is 31.0. The van der Waals surface area contributed by atoms with Crippen LogP contribution >= 0.6 is 0 Å². The zero-order valence-corrected chi connectivity index (χ0v) is 11.6. The summed E-state index contributed by atoms with van der Waals surface area (Å²) >= 11 is 0. The molecule has 102 valence electrons. The van der Waals surface area contributed by atoms with Gasteiger partial charge in [0, 0.05) is 12.6 Å². The number of hydrogen-bond donors (Lipinski definition) is 1. The van der Waals surface area contributed by atoms with Crippen molar-refractivity contribution in [1.82, 2.24) is 9.62 Å². The third-order valence-electron chi connectivity index (χ3n) is 2.85. The summed E-state index contributed by atoms with van der Waals surface area (Å²) in [6, 6.07) is -0.0302. The first-order valence-corrected chi connectivity index (χ1v) is 7.97. The maximum atomic E-state index is 12.1. The third-order valence-corrected chi connectivity index (χ3v) is 4.91. The molecule has 1 N–H and O–H groups in total. The normalized spacial score (nSPS) is 22.8. The summed E-state index contributed by atoms with van der Waals surface area (Å²) in [4.78, 5) is 0. The summed E-state index contributed by atoms with van der Waals surface area (Å²) in [5.41, 5.74) is 0. The third kappa shape index (κ3) is 4.91. The number of nitrogens with zero attached hydrogens (tertiary/aromatic N) is 1. The maximum Gasteiger partial charge on any atom is 0.214 e. The minimum atomic E-state index is -3.11. The van der Waals surface area contributed by atoms with Crippen molar-refractivity contribution < 1.29 is 13.2 Å². The SMILES string of the molecule is CCCNCCCS(=O)(=O)N1CCOCC1C. The van der Waals surface area contributed by atoms with Crippen LogP contribution in [0.3, 0.4) is 0 Å². The molecule has 1 rings (SSSR count). The Balaban J connectivity index is 2.34. The molecule has 1 saturated heterocycles. The second-order valence-electron chi connectivity index (χ2n) is 4.45. The van der Waals surface area contributed by atoms with Crippen LogP contribution in [0.25, 0.3) is 0 Å². The lowest BCUT2D eigenvalue weighted by Gasteiger charge is -2.32. The van der Waals surface area contributed by atoms with Crippen LogP contribution in [0, 0.1) is 0 Å². The van der Waals surface area contributed by atoms with Crippen LogP contribution in [-0.2, 0) is 14.8 Å². The molecule has 1 heterocycles. The van der Waals surface area contributed by atoms with E-state index in [1.165, 1.54) is 0 Å². The predicted octanol–water partition coefficient (Wildman–Crippen LogP) is 0.427. The molecule has 0 aromatic carbocycles. The quantitative estimate of drug-likeness (QED) is 0.677. The second kappa shape index (κ2) is 7.31. The Morgan fingerprint density at radius 3 is 2.82 bits per heavy atom. The molecule has 6 heteroatoms. The number of hydrogen-bond acceptors (Lipinski definition) is 4. The maximum absolute atomic E-state index is 12.1. The van der Waals surface area contributed by atoms with Crippen molar-refractivity contribution in [2.75, 3.05) is 38.6 Å². The highest BCUT2D eigenvalue weighted by Gasteiger charge is 2.29. The van der Waals surface area contributed by atoms with E-state index in [4.69, 9.17) is 4.74 Å². The van der Waals surface area contributed by atoms with E-state index in [-0.39, 0.29) is 11.8 Å². The first kappa shape index (κ1) is 14.9. The van der Waals surface area contributed by atoms with Crippen LogP contribution in [0.5, 0.6) is 0 Å². The molecule has 17 heavy (non-hydrogen) atoms. The fourth-order valence-corrected chi connectivity index (χ4v) is 3.63. The van der Waals surface area contributed by atoms with Gasteiger partial charge in [-0.3, -0.25) is 0 Å². The van der Waals surface area contributed by atoms with Crippen molar-refractivity contribution in [3.8, 4) is 0 Å². The molecule has 0 aliphatic carbocycles. The van der Waals surface area contributed by atoms with E-state index in [0.29, 0.717) is 26.2 Å². The van der Waals surface area contributed by atoms with Crippen LogP contribution in [0.1, 0.15) is 26.7 Å². The predicted molar refractivity (Wildman–Crippen MR) is 68.6 cm³/mol. The molecule has 0 amide bonds. The number of nitrogens with one attached hydrogen (secondary N) is 1. The topological polar surface area (TPSA) is 58.6 Å². The molecular weight excluding hydrogens is 240 g/mol. The van der Waals surface area contributed by atoms with Crippen LogP contribution in [0.15, 0.2) is 0 Å². The van der Waals surface area contributed by atoms with Crippen LogP contribution in [-0.4, -0.2) is 57.4 Å². The van der Waals surface area contributed by atoms with Gasteiger partial charge in [0.1, 0.15) is 0 Å². The molecule has 0 aromatic heterocycles. The molecule has 1 unspecified atom stereocenters. The first-order chi connectivity index (χ1) is 8.08. The van der Waals surface area contributed by atoms with Crippen molar-refractivity contribution in [3.63, 3.8) is 0 Å². The molecule has 1 atom stereocenters. The van der Waals surface area contributed by atoms with Gasteiger partial charge in [-0.25, -0.2) is 8.42 Å². The van der Waals surface area contributed by atoms with Crippen molar-refractivity contribution in [3.05, 3.63) is 0 Å². The lowest BCUT2D eigenvalue weighted by Crippen LogP contribution is -2.48. The number of morpholine rings is 1. The molecular formula is C11H24N2O3S. The van der Waals surface area contributed by atoms with E-state index in [2.05, 4.69) is 12.2 Å². The second-order valence-corrected chi connectivity index (χ2v) is 6.50. The standard InChI is InChI=1S/C11H24N2O3S/c1-3-5-12-6-4-9-17(14,15)13-7-8-16-10-11(13)2/h11-12H,3-10H2,1-2H3. The average Bonchev–Trinajstić information content (AvgIpc) is 2.29. The molecule has 0 radical (unpaired) electrons. The largest absolute Gasteiger partial charge is 0.378 e. The lowest BCUT2D eigenvalue weighted by molar-refractivity contribution is 0.0393. The van der Waals surface area contributed by atoms with Crippen LogP contribution < -0.4 is 5.32 Å². The van der Waals surface area contributed by atoms with Gasteiger partial charge >= 0.3 is 0 Å². The number of rotatable bonds is 7. The van der Waals surface area contributed by atoms with Gasteiger partial charge in [0.25, 0.3) is 0 Å². The summed E-state index contributed by atoms with van der Waals surface area (Å²) in [7, 11) is -3.11. The minimum absolute atomic E-state index is 0.0302. The lowest BCUT2D eigenvalue weighted by atomic mass is 10.3. The Morgan fingerprint density at radius 1 is 1.41 bits per heavy atom. The first-order valence-electron chi connectivity index (χ1n) is 6.36. The van der Waals surface area contributed by atoms with E-state index in [0.717, 1.165) is 19.5 Å². The highest BCUT2D eigenvalue weighted by Crippen LogP contribution is 2.12. The summed E-state index contributed by atoms with van der Waals surface area (Å²) in [6.45, 7) is 7.22. The highest BCUT2D eigenvalue weighted by molar-refractivity contribution is 7.89. The fraction of sp³-hybridized carbons (Fsp3) is 1.00. The average molecular weight is 264 g/mol. The van der Waals surface area contributed by atoms with Gasteiger partial charge in [-0.2, -0.15) is 4.31 Å². The Labute approximate surface area is 105 Å². The number of sulfonamides is 1. The molecule has 0 spiro atoms. The van der Waals surface area contributed by atoms with Crippen LogP contribution in [0.4, 0.5) is 0 Å². The Morgan fingerprint density at radius 2 is 2.18 bits per heavy atom. The smallest absolute Gasteiger partial charge is 0.214 e. The van der Waals surface area contributed by atoms with E-state index in [9.17, 15) is 8.42 Å². The summed E-state index contributed by atoms with van der Waals surface area (Å²) in [5.74, 6) is 0.230. The van der Waals surface area contributed by atoms with Gasteiger partial charge in [0.2, 0.25) is 10.0 Å².